The van der Waals surface area contributed by atoms with Crippen molar-refractivity contribution in [2.75, 3.05) is 0 Å². The van der Waals surface area contributed by atoms with Crippen molar-refractivity contribution in [2.24, 2.45) is 0 Å². The van der Waals surface area contributed by atoms with Crippen molar-refractivity contribution in [1.82, 2.24) is 9.55 Å². The maximum absolute atomic E-state index is 9.54. The van der Waals surface area contributed by atoms with Crippen LogP contribution in [-0.4, -0.2) is 9.55 Å². The molecule has 0 N–H and O–H groups in total. The van der Waals surface area contributed by atoms with Gasteiger partial charge in [-0.1, -0.05) is 151 Å². The van der Waals surface area contributed by atoms with E-state index in [1.54, 1.807) is 4.57 Å². The highest BCUT2D eigenvalue weighted by atomic mass is 15.1. The number of para-hydroxylation sites is 2. The molecule has 1 heterocycles. The summed E-state index contributed by atoms with van der Waals surface area (Å²) in [6.07, 6.45) is 0. The van der Waals surface area contributed by atoms with Gasteiger partial charge in [-0.2, -0.15) is 0 Å². The Morgan fingerprint density at radius 1 is 0.426 bits per heavy atom. The summed E-state index contributed by atoms with van der Waals surface area (Å²) in [5, 5.41) is 0.509. The van der Waals surface area contributed by atoms with E-state index in [2.05, 4.69) is 6.07 Å². The SMILES string of the molecule is [2H]c1c([2H])c([2H])c2c(-n3c(-c4ccccc4)nc4ccccc43)c3c([2H])c([2H])c([2H])c([2H])c3c(-c3cc(-c4ccccc4)cc(-c4ccccc4)c3)c2c1[2H]. The third-order valence-electron chi connectivity index (χ3n) is 8.60. The Hall–Kier alpha value is -6.25. The highest BCUT2D eigenvalue weighted by Crippen LogP contribution is 2.45. The Kier molecular flexibility index (Phi) is 4.80. The lowest BCUT2D eigenvalue weighted by Crippen LogP contribution is -2.01. The molecule has 0 atom stereocenters. The minimum absolute atomic E-state index is 0.116. The van der Waals surface area contributed by atoms with Gasteiger partial charge in [0.05, 0.1) is 27.7 Å². The lowest BCUT2D eigenvalue weighted by atomic mass is 9.87. The molecule has 47 heavy (non-hydrogen) atoms. The maximum Gasteiger partial charge on any atom is 0.145 e. The number of fused-ring (bicyclic) bond motifs is 3. The predicted molar refractivity (Wildman–Crippen MR) is 198 cm³/mol. The summed E-state index contributed by atoms with van der Waals surface area (Å²) in [6, 6.07) is 39.2. The molecule has 1 aromatic heterocycles. The zero-order valence-corrected chi connectivity index (χ0v) is 25.1. The van der Waals surface area contributed by atoms with Crippen molar-refractivity contribution >= 4 is 32.6 Å². The van der Waals surface area contributed by atoms with Crippen LogP contribution in [0.25, 0.3) is 83.0 Å². The Bertz CT molecular complexity index is 2860. The molecule has 0 aliphatic heterocycles. The van der Waals surface area contributed by atoms with Gasteiger partial charge in [-0.3, -0.25) is 4.57 Å². The van der Waals surface area contributed by atoms with Crippen LogP contribution in [0.5, 0.6) is 0 Å². The van der Waals surface area contributed by atoms with E-state index in [0.29, 0.717) is 28.0 Å². The second kappa shape index (κ2) is 11.3. The van der Waals surface area contributed by atoms with Crippen LogP contribution in [-0.2, 0) is 0 Å². The van der Waals surface area contributed by atoms with Gasteiger partial charge < -0.3 is 0 Å². The molecule has 9 rings (SSSR count). The molecule has 0 spiro atoms. The smallest absolute Gasteiger partial charge is 0.145 e. The summed E-state index contributed by atoms with van der Waals surface area (Å²) in [6.45, 7) is 0. The molecule has 0 bridgehead atoms. The minimum Gasteiger partial charge on any atom is -0.291 e. The van der Waals surface area contributed by atoms with Crippen molar-refractivity contribution in [2.45, 2.75) is 0 Å². The van der Waals surface area contributed by atoms with Gasteiger partial charge in [-0.05, 0) is 74.5 Å². The van der Waals surface area contributed by atoms with Gasteiger partial charge in [0.2, 0.25) is 0 Å². The number of imidazole rings is 1. The maximum atomic E-state index is 9.54. The zero-order chi connectivity index (χ0) is 38.1. The van der Waals surface area contributed by atoms with Crippen LogP contribution >= 0.6 is 0 Å². The van der Waals surface area contributed by atoms with Crippen LogP contribution < -0.4 is 0 Å². The Morgan fingerprint density at radius 2 is 0.872 bits per heavy atom. The summed E-state index contributed by atoms with van der Waals surface area (Å²) in [5.41, 5.74) is 6.43. The van der Waals surface area contributed by atoms with E-state index in [1.165, 1.54) is 0 Å². The van der Waals surface area contributed by atoms with E-state index < -0.39 is 24.2 Å². The second-order valence-electron chi connectivity index (χ2n) is 11.4. The van der Waals surface area contributed by atoms with Crippen LogP contribution in [0.4, 0.5) is 0 Å². The van der Waals surface area contributed by atoms with Gasteiger partial charge in [-0.25, -0.2) is 4.98 Å². The first-order valence-corrected chi connectivity index (χ1v) is 15.4. The molecule has 0 amide bonds. The average molecular weight is 607 g/mol. The molecule has 0 aliphatic rings. The summed E-state index contributed by atoms with van der Waals surface area (Å²) >= 11 is 0. The molecular formula is C45H30N2. The topological polar surface area (TPSA) is 17.8 Å². The van der Waals surface area contributed by atoms with E-state index in [4.69, 9.17) is 10.5 Å². The van der Waals surface area contributed by atoms with Gasteiger partial charge in [0.25, 0.3) is 0 Å². The molecule has 9 aromatic rings. The third kappa shape index (κ3) is 4.62. The first kappa shape index (κ1) is 20.0. The largest absolute Gasteiger partial charge is 0.291 e. The fourth-order valence-corrected chi connectivity index (χ4v) is 6.52. The molecule has 0 unspecified atom stereocenters. The number of hydrogen-bond acceptors (Lipinski definition) is 1. The Balaban J connectivity index is 1.57. The first-order chi connectivity index (χ1) is 26.7. The van der Waals surface area contributed by atoms with E-state index in [9.17, 15) is 5.48 Å². The predicted octanol–water partition coefficient (Wildman–Crippen LogP) is 12.0. The number of nitrogens with zero attached hydrogens (tertiary/aromatic N) is 2. The summed E-state index contributed by atoms with van der Waals surface area (Å²) < 4.78 is 75.7. The summed E-state index contributed by atoms with van der Waals surface area (Å²) in [4.78, 5) is 5.01. The van der Waals surface area contributed by atoms with Crippen molar-refractivity contribution in [1.29, 1.82) is 0 Å². The van der Waals surface area contributed by atoms with Gasteiger partial charge in [0.1, 0.15) is 5.82 Å². The molecule has 220 valence electrons. The normalized spacial score (nSPS) is 13.8. The van der Waals surface area contributed by atoms with Crippen LogP contribution in [0, 0.1) is 0 Å². The van der Waals surface area contributed by atoms with Crippen molar-refractivity contribution in [3.63, 3.8) is 0 Å². The highest BCUT2D eigenvalue weighted by molar-refractivity contribution is 6.19. The average Bonchev–Trinajstić information content (AvgIpc) is 3.62. The van der Waals surface area contributed by atoms with Crippen LogP contribution in [0.15, 0.2) is 182 Å². The van der Waals surface area contributed by atoms with Gasteiger partial charge in [0, 0.05) is 16.3 Å². The molecule has 0 radical (unpaired) electrons. The molecule has 2 heteroatoms. The monoisotopic (exact) mass is 606 g/mol. The molecule has 2 nitrogen and oxygen atoms in total. The third-order valence-corrected chi connectivity index (χ3v) is 8.60. The van der Waals surface area contributed by atoms with E-state index in [-0.39, 0.29) is 57.0 Å². The van der Waals surface area contributed by atoms with Crippen LogP contribution in [0.3, 0.4) is 0 Å². The fraction of sp³-hybridized carbons (Fsp3) is 0. The van der Waals surface area contributed by atoms with Gasteiger partial charge >= 0.3 is 0 Å². The first-order valence-electron chi connectivity index (χ1n) is 19.4. The lowest BCUT2D eigenvalue weighted by molar-refractivity contribution is 1.13. The summed E-state index contributed by atoms with van der Waals surface area (Å²) in [7, 11) is 0. The number of hydrogen-bond donors (Lipinski definition) is 0. The second-order valence-corrected chi connectivity index (χ2v) is 11.4. The van der Waals surface area contributed by atoms with Crippen molar-refractivity contribution in [3.05, 3.63) is 182 Å². The number of aromatic nitrogens is 2. The molecule has 0 fully saturated rings. The van der Waals surface area contributed by atoms with Crippen LogP contribution in [0.2, 0.25) is 0 Å². The van der Waals surface area contributed by atoms with Crippen molar-refractivity contribution in [3.8, 4) is 50.5 Å². The zero-order valence-electron chi connectivity index (χ0n) is 33.1. The molecular weight excluding hydrogens is 569 g/mol. The van der Waals surface area contributed by atoms with Gasteiger partial charge in [0.15, 0.2) is 0 Å². The van der Waals surface area contributed by atoms with E-state index in [0.717, 1.165) is 22.3 Å². The molecule has 0 aliphatic carbocycles. The standard InChI is InChI=1S/C45H30N2/c1-4-16-31(17-5-1)34-28-35(32-18-6-2-7-19-32)30-36(29-34)43-37-22-10-12-24-39(37)44(40-25-13-11-23-38(40)43)47-42-27-15-14-26-41(42)46-45(47)33-20-8-3-9-21-33/h1-30H/i10D,11D,12D,13D,22D,23D,24D,25D. The summed E-state index contributed by atoms with van der Waals surface area (Å²) in [5.74, 6) is 0.453. The van der Waals surface area contributed by atoms with Crippen molar-refractivity contribution < 1.29 is 11.0 Å². The lowest BCUT2D eigenvalue weighted by Gasteiger charge is -2.21. The highest BCUT2D eigenvalue weighted by Gasteiger charge is 2.22. The van der Waals surface area contributed by atoms with E-state index >= 15 is 0 Å². The Morgan fingerprint density at radius 3 is 1.43 bits per heavy atom. The minimum atomic E-state index is -0.460. The number of benzene rings is 8. The fourth-order valence-electron chi connectivity index (χ4n) is 6.52. The molecule has 0 saturated heterocycles. The van der Waals surface area contributed by atoms with E-state index in [1.807, 2.05) is 127 Å². The quantitative estimate of drug-likeness (QED) is 0.178. The Labute approximate surface area is 285 Å². The molecule has 0 saturated carbocycles. The van der Waals surface area contributed by atoms with Crippen LogP contribution in [0.1, 0.15) is 11.0 Å². The number of rotatable bonds is 5. The molecule has 8 aromatic carbocycles. The van der Waals surface area contributed by atoms with Gasteiger partial charge in [-0.15, -0.1) is 0 Å².